The maximum Gasteiger partial charge on any atom is 0.279 e. The van der Waals surface area contributed by atoms with Gasteiger partial charge in [-0.3, -0.25) is 9.59 Å². The molecule has 6 heteroatoms. The Kier molecular flexibility index (Phi) is 5.56. The zero-order chi connectivity index (χ0) is 20.6. The van der Waals surface area contributed by atoms with Crippen molar-refractivity contribution in [1.82, 2.24) is 5.32 Å². The number of anilines is 1. The highest BCUT2D eigenvalue weighted by atomic mass is 16.5. The summed E-state index contributed by atoms with van der Waals surface area (Å²) in [5.41, 5.74) is 0.750. The number of carbonyl (C=O) groups is 2. The predicted molar refractivity (Wildman–Crippen MR) is 112 cm³/mol. The average Bonchev–Trinajstić information content (AvgIpc) is 2.66. The molecule has 1 unspecified atom stereocenters. The Labute approximate surface area is 173 Å². The second-order valence-electron chi connectivity index (χ2n) is 9.71. The van der Waals surface area contributed by atoms with Crippen LogP contribution in [0.15, 0.2) is 24.3 Å². The first kappa shape index (κ1) is 20.2. The maximum absolute atomic E-state index is 13.0. The number of ether oxygens (including phenoxy) is 1. The molecular weight excluding hydrogens is 366 g/mol. The van der Waals surface area contributed by atoms with E-state index in [1.807, 2.05) is 38.2 Å². The van der Waals surface area contributed by atoms with E-state index in [0.29, 0.717) is 0 Å². The van der Waals surface area contributed by atoms with Gasteiger partial charge in [-0.1, -0.05) is 0 Å². The number of methoxy groups -OCH3 is 1. The minimum absolute atomic E-state index is 0.0196. The smallest absolute Gasteiger partial charge is 0.279 e. The van der Waals surface area contributed by atoms with Crippen LogP contribution in [-0.4, -0.2) is 44.1 Å². The quantitative estimate of drug-likeness (QED) is 0.651. The number of benzene rings is 1. The third-order valence-corrected chi connectivity index (χ3v) is 7.37. The molecule has 1 aromatic carbocycles. The number of hydrogen-bond acceptors (Lipinski definition) is 3. The number of likely N-dealkylation sites (N-methyl/N-ethyl adjacent to an activating group) is 1. The van der Waals surface area contributed by atoms with Gasteiger partial charge in [0.05, 0.1) is 14.2 Å². The molecule has 0 heterocycles. The van der Waals surface area contributed by atoms with Crippen molar-refractivity contribution in [2.75, 3.05) is 26.0 Å². The van der Waals surface area contributed by atoms with Gasteiger partial charge in [-0.25, -0.2) is 0 Å². The topological polar surface area (TPSA) is 71.9 Å². The molecule has 5 rings (SSSR count). The Morgan fingerprint density at radius 3 is 2.17 bits per heavy atom. The first-order valence-corrected chi connectivity index (χ1v) is 10.9. The van der Waals surface area contributed by atoms with E-state index in [9.17, 15) is 9.59 Å². The van der Waals surface area contributed by atoms with Gasteiger partial charge in [0.2, 0.25) is 0 Å². The molecule has 0 radical (unpaired) electrons. The molecule has 0 saturated heterocycles. The fourth-order valence-electron chi connectivity index (χ4n) is 6.14. The van der Waals surface area contributed by atoms with E-state index in [1.165, 1.54) is 19.3 Å². The maximum atomic E-state index is 13.0. The second kappa shape index (κ2) is 7.98. The van der Waals surface area contributed by atoms with Gasteiger partial charge in [0.25, 0.3) is 11.8 Å². The molecule has 4 aliphatic rings. The van der Waals surface area contributed by atoms with E-state index in [1.54, 1.807) is 7.11 Å². The van der Waals surface area contributed by atoms with Crippen molar-refractivity contribution in [3.63, 3.8) is 0 Å². The lowest BCUT2D eigenvalue weighted by atomic mass is 9.53. The minimum atomic E-state index is -0.260. The van der Waals surface area contributed by atoms with Crippen molar-refractivity contribution in [3.05, 3.63) is 24.3 Å². The van der Waals surface area contributed by atoms with Crippen LogP contribution in [0.25, 0.3) is 0 Å². The molecule has 4 aliphatic carbocycles. The third-order valence-electron chi connectivity index (χ3n) is 7.37. The standard InChI is InChI=1S/C23H33N3O3/c1-15(26(2)14-21(27)24-19-4-6-20(29-3)7-5-19)22(28)25-23-11-16-8-17(12-23)10-18(9-16)13-23/h4-7,15-18H,8-14H2,1-3H3,(H,24,27)(H,25,28)/p+1/t15-,16?,17?,18?,23?/m1/s1. The van der Waals surface area contributed by atoms with Crippen molar-refractivity contribution in [1.29, 1.82) is 0 Å². The summed E-state index contributed by atoms with van der Waals surface area (Å²) in [6.45, 7) is 2.17. The Morgan fingerprint density at radius 2 is 1.66 bits per heavy atom. The van der Waals surface area contributed by atoms with E-state index in [-0.39, 0.29) is 29.9 Å². The van der Waals surface area contributed by atoms with E-state index in [4.69, 9.17) is 4.74 Å². The molecule has 1 aromatic rings. The highest BCUT2D eigenvalue weighted by Gasteiger charge is 2.52. The molecule has 0 aromatic heterocycles. The molecule has 2 amide bonds. The lowest BCUT2D eigenvalue weighted by Gasteiger charge is -2.57. The van der Waals surface area contributed by atoms with Crippen molar-refractivity contribution in [2.24, 2.45) is 17.8 Å². The van der Waals surface area contributed by atoms with Gasteiger partial charge < -0.3 is 20.3 Å². The first-order valence-electron chi connectivity index (χ1n) is 10.9. The average molecular weight is 401 g/mol. The molecule has 4 saturated carbocycles. The molecule has 2 atom stereocenters. The van der Waals surface area contributed by atoms with Gasteiger partial charge in [-0.15, -0.1) is 0 Å². The van der Waals surface area contributed by atoms with Crippen LogP contribution < -0.4 is 20.3 Å². The molecular formula is C23H34N3O3+. The van der Waals surface area contributed by atoms with Crippen LogP contribution in [0.4, 0.5) is 5.69 Å². The van der Waals surface area contributed by atoms with Crippen molar-refractivity contribution in [3.8, 4) is 5.75 Å². The van der Waals surface area contributed by atoms with E-state index in [0.717, 1.165) is 53.4 Å². The summed E-state index contributed by atoms with van der Waals surface area (Å²) in [5, 5.41) is 6.33. The first-order chi connectivity index (χ1) is 13.9. The highest BCUT2D eigenvalue weighted by Crippen LogP contribution is 2.55. The fraction of sp³-hybridized carbons (Fsp3) is 0.652. The molecule has 6 nitrogen and oxygen atoms in total. The fourth-order valence-corrected chi connectivity index (χ4v) is 6.14. The van der Waals surface area contributed by atoms with Crippen LogP contribution in [-0.2, 0) is 9.59 Å². The summed E-state index contributed by atoms with van der Waals surface area (Å²) in [7, 11) is 3.53. The Bertz CT molecular complexity index is 726. The minimum Gasteiger partial charge on any atom is -0.497 e. The number of quaternary nitrogens is 1. The van der Waals surface area contributed by atoms with Gasteiger partial charge in [-0.2, -0.15) is 0 Å². The van der Waals surface area contributed by atoms with Gasteiger partial charge in [0.15, 0.2) is 12.6 Å². The van der Waals surface area contributed by atoms with Crippen molar-refractivity contribution < 1.29 is 19.2 Å². The number of amides is 2. The monoisotopic (exact) mass is 400 g/mol. The number of rotatable bonds is 7. The SMILES string of the molecule is COc1ccc(NC(=O)C[NH+](C)[C@H](C)C(=O)NC23CC4CC(CC(C4)C2)C3)cc1. The molecule has 0 spiro atoms. The number of hydrogen-bond donors (Lipinski definition) is 3. The summed E-state index contributed by atoms with van der Waals surface area (Å²) in [4.78, 5) is 26.3. The van der Waals surface area contributed by atoms with Gasteiger partial charge in [-0.05, 0) is 87.5 Å². The van der Waals surface area contributed by atoms with Gasteiger partial charge >= 0.3 is 0 Å². The van der Waals surface area contributed by atoms with E-state index in [2.05, 4.69) is 10.6 Å². The molecule has 158 valence electrons. The van der Waals surface area contributed by atoms with Crippen LogP contribution in [0.3, 0.4) is 0 Å². The zero-order valence-corrected chi connectivity index (χ0v) is 17.8. The molecule has 4 fully saturated rings. The lowest BCUT2D eigenvalue weighted by Crippen LogP contribution is -3.15. The summed E-state index contributed by atoms with van der Waals surface area (Å²) in [6, 6.07) is 7.00. The third kappa shape index (κ3) is 4.42. The molecule has 0 aliphatic heterocycles. The normalized spacial score (nSPS) is 31.8. The second-order valence-corrected chi connectivity index (χ2v) is 9.71. The molecule has 4 bridgehead atoms. The van der Waals surface area contributed by atoms with Gasteiger partial charge in [0.1, 0.15) is 5.75 Å². The van der Waals surface area contributed by atoms with Gasteiger partial charge in [0, 0.05) is 11.2 Å². The largest absolute Gasteiger partial charge is 0.497 e. The lowest BCUT2D eigenvalue weighted by molar-refractivity contribution is -0.885. The van der Waals surface area contributed by atoms with E-state index < -0.39 is 0 Å². The number of carbonyl (C=O) groups excluding carboxylic acids is 2. The predicted octanol–water partition coefficient (Wildman–Crippen LogP) is 1.62. The summed E-state index contributed by atoms with van der Waals surface area (Å²) < 4.78 is 5.13. The number of nitrogens with one attached hydrogen (secondary N) is 3. The molecule has 3 N–H and O–H groups in total. The molecule has 29 heavy (non-hydrogen) atoms. The van der Waals surface area contributed by atoms with Crippen LogP contribution in [0.2, 0.25) is 0 Å². The Morgan fingerprint density at radius 1 is 1.10 bits per heavy atom. The summed E-state index contributed by atoms with van der Waals surface area (Å²) in [5.74, 6) is 3.15. The van der Waals surface area contributed by atoms with Crippen molar-refractivity contribution >= 4 is 17.5 Å². The van der Waals surface area contributed by atoms with Crippen molar-refractivity contribution in [2.45, 2.75) is 57.0 Å². The van der Waals surface area contributed by atoms with E-state index >= 15 is 0 Å². The Balaban J connectivity index is 1.29. The van der Waals surface area contributed by atoms with Crippen LogP contribution in [0.5, 0.6) is 5.75 Å². The zero-order valence-electron chi connectivity index (χ0n) is 17.8. The summed E-state index contributed by atoms with van der Waals surface area (Å²) >= 11 is 0. The van der Waals surface area contributed by atoms with Crippen LogP contribution in [0.1, 0.15) is 45.4 Å². The summed E-state index contributed by atoms with van der Waals surface area (Å²) in [6.07, 6.45) is 7.53. The van der Waals surface area contributed by atoms with Crippen LogP contribution in [0, 0.1) is 17.8 Å². The van der Waals surface area contributed by atoms with Crippen LogP contribution >= 0.6 is 0 Å². The highest BCUT2D eigenvalue weighted by molar-refractivity contribution is 5.91. The Hall–Kier alpha value is -2.08.